The molecule has 32 heavy (non-hydrogen) atoms. The summed E-state index contributed by atoms with van der Waals surface area (Å²) >= 11 is 0. The summed E-state index contributed by atoms with van der Waals surface area (Å²) in [7, 11) is 3.33. The lowest BCUT2D eigenvalue weighted by Crippen LogP contribution is -2.56. The van der Waals surface area contributed by atoms with Crippen LogP contribution in [0.2, 0.25) is 0 Å². The van der Waals surface area contributed by atoms with Gasteiger partial charge < -0.3 is 19.9 Å². The predicted octanol–water partition coefficient (Wildman–Crippen LogP) is 2.47. The molecule has 2 rings (SSSR count). The number of nitrogens with zero attached hydrogens (tertiary/aromatic N) is 2. The molecule has 1 aromatic rings. The van der Waals surface area contributed by atoms with E-state index in [0.717, 1.165) is 11.1 Å². The van der Waals surface area contributed by atoms with Gasteiger partial charge >= 0.3 is 5.97 Å². The topological polar surface area (TPSA) is 79.0 Å². The van der Waals surface area contributed by atoms with Gasteiger partial charge in [-0.15, -0.1) is 0 Å². The highest BCUT2D eigenvalue weighted by molar-refractivity contribution is 5.91. The third-order valence-electron chi connectivity index (χ3n) is 5.38. The monoisotopic (exact) mass is 443 g/mol. The largest absolute Gasteiger partial charge is 0.459 e. The molecule has 7 heteroatoms. The Bertz CT molecular complexity index is 827. The second kappa shape index (κ2) is 11.3. The van der Waals surface area contributed by atoms with Crippen LogP contribution in [0.1, 0.15) is 44.7 Å². The van der Waals surface area contributed by atoms with Gasteiger partial charge in [-0.05, 0) is 53.1 Å². The van der Waals surface area contributed by atoms with Crippen LogP contribution in [0, 0.1) is 6.92 Å². The number of amides is 2. The molecule has 0 aromatic heterocycles. The van der Waals surface area contributed by atoms with E-state index in [1.54, 1.807) is 39.8 Å². The molecule has 1 aromatic carbocycles. The Hall–Kier alpha value is -2.67. The van der Waals surface area contributed by atoms with E-state index in [2.05, 4.69) is 5.32 Å². The van der Waals surface area contributed by atoms with Crippen LogP contribution in [-0.4, -0.2) is 72.5 Å². The molecule has 0 fully saturated rings. The Labute approximate surface area is 191 Å². The van der Waals surface area contributed by atoms with E-state index in [9.17, 15) is 14.4 Å². The Balaban J connectivity index is 2.30. The lowest BCUT2D eigenvalue weighted by Gasteiger charge is -2.36. The number of aryl methyl sites for hydroxylation is 1. The number of benzene rings is 1. The molecule has 1 aliphatic rings. The quantitative estimate of drug-likeness (QED) is 0.517. The zero-order valence-electron chi connectivity index (χ0n) is 20.2. The van der Waals surface area contributed by atoms with Crippen molar-refractivity contribution >= 4 is 17.8 Å². The first kappa shape index (κ1) is 25.6. The van der Waals surface area contributed by atoms with Crippen molar-refractivity contribution in [2.75, 3.05) is 27.2 Å². The molecular weight excluding hydrogens is 406 g/mol. The molecule has 176 valence electrons. The summed E-state index contributed by atoms with van der Waals surface area (Å²) < 4.78 is 5.37. The summed E-state index contributed by atoms with van der Waals surface area (Å²) in [5, 5.41) is 3.06. The van der Waals surface area contributed by atoms with E-state index in [1.165, 1.54) is 4.90 Å². The van der Waals surface area contributed by atoms with E-state index in [1.807, 2.05) is 43.3 Å². The minimum atomic E-state index is -0.708. The van der Waals surface area contributed by atoms with Gasteiger partial charge in [-0.1, -0.05) is 42.0 Å². The highest BCUT2D eigenvalue weighted by Crippen LogP contribution is 2.18. The molecule has 1 heterocycles. The highest BCUT2D eigenvalue weighted by Gasteiger charge is 2.35. The standard InChI is InChI=1S/C25H37N3O4/c1-18-11-13-19(14-12-18)16-21(24(31)27(6)17-22(29)32-25(2,3)4)28-15-9-7-8-10-20(26-5)23(28)30/h7-8,11-14,20-21,26H,9-10,15-17H2,1-6H3/b8-7-/t20-,21-/m0/s1. The first-order valence-electron chi connectivity index (χ1n) is 11.2. The van der Waals surface area contributed by atoms with Crippen molar-refractivity contribution in [3.05, 3.63) is 47.5 Å². The van der Waals surface area contributed by atoms with Crippen LogP contribution in [-0.2, 0) is 25.5 Å². The maximum absolute atomic E-state index is 13.5. The average molecular weight is 444 g/mol. The van der Waals surface area contributed by atoms with Gasteiger partial charge in [0.25, 0.3) is 0 Å². The van der Waals surface area contributed by atoms with Crippen molar-refractivity contribution < 1.29 is 19.1 Å². The SMILES string of the molecule is CN[C@H]1C/C=C\CCN([C@@H](Cc2ccc(C)cc2)C(=O)N(C)CC(=O)OC(C)(C)C)C1=O. The van der Waals surface area contributed by atoms with Gasteiger partial charge in [-0.3, -0.25) is 14.4 Å². The molecule has 0 saturated carbocycles. The average Bonchev–Trinajstić information content (AvgIpc) is 2.69. The van der Waals surface area contributed by atoms with Gasteiger partial charge in [0.05, 0.1) is 6.04 Å². The molecule has 1 aliphatic heterocycles. The minimum Gasteiger partial charge on any atom is -0.459 e. The number of esters is 1. The maximum Gasteiger partial charge on any atom is 0.326 e. The van der Waals surface area contributed by atoms with Crippen molar-refractivity contribution in [3.8, 4) is 0 Å². The number of likely N-dealkylation sites (N-methyl/N-ethyl adjacent to an activating group) is 2. The van der Waals surface area contributed by atoms with Crippen LogP contribution in [0.3, 0.4) is 0 Å². The first-order chi connectivity index (χ1) is 15.0. The van der Waals surface area contributed by atoms with Crippen molar-refractivity contribution in [2.24, 2.45) is 0 Å². The summed E-state index contributed by atoms with van der Waals surface area (Å²) in [6.07, 6.45) is 5.67. The van der Waals surface area contributed by atoms with Gasteiger partial charge in [0.15, 0.2) is 0 Å². The second-order valence-corrected chi connectivity index (χ2v) is 9.35. The lowest BCUT2D eigenvalue weighted by molar-refractivity contribution is -0.159. The zero-order valence-corrected chi connectivity index (χ0v) is 20.2. The molecule has 2 atom stereocenters. The molecule has 0 saturated heterocycles. The second-order valence-electron chi connectivity index (χ2n) is 9.35. The maximum atomic E-state index is 13.5. The van der Waals surface area contributed by atoms with Gasteiger partial charge in [0.2, 0.25) is 11.8 Å². The molecule has 0 bridgehead atoms. The molecule has 7 nitrogen and oxygen atoms in total. The summed E-state index contributed by atoms with van der Waals surface area (Å²) in [4.78, 5) is 42.2. The normalized spacial score (nSPS) is 19.0. The number of carbonyl (C=O) groups excluding carboxylic acids is 3. The van der Waals surface area contributed by atoms with Crippen LogP contribution in [0.5, 0.6) is 0 Å². The third-order valence-corrected chi connectivity index (χ3v) is 5.38. The molecule has 0 aliphatic carbocycles. The fourth-order valence-electron chi connectivity index (χ4n) is 3.70. The fourth-order valence-corrected chi connectivity index (χ4v) is 3.70. The van der Waals surface area contributed by atoms with Gasteiger partial charge in [-0.2, -0.15) is 0 Å². The van der Waals surface area contributed by atoms with Crippen LogP contribution in [0.15, 0.2) is 36.4 Å². The molecule has 0 radical (unpaired) electrons. The summed E-state index contributed by atoms with van der Waals surface area (Å²) in [6.45, 7) is 7.65. The van der Waals surface area contributed by atoms with Crippen molar-refractivity contribution in [3.63, 3.8) is 0 Å². The number of nitrogens with one attached hydrogen (secondary N) is 1. The van der Waals surface area contributed by atoms with Crippen molar-refractivity contribution in [1.29, 1.82) is 0 Å². The van der Waals surface area contributed by atoms with E-state index < -0.39 is 23.7 Å². The molecule has 0 spiro atoms. The van der Waals surface area contributed by atoms with E-state index in [-0.39, 0.29) is 18.4 Å². The van der Waals surface area contributed by atoms with Crippen LogP contribution < -0.4 is 5.32 Å². The third kappa shape index (κ3) is 7.48. The van der Waals surface area contributed by atoms with E-state index in [0.29, 0.717) is 25.8 Å². The number of rotatable bonds is 7. The van der Waals surface area contributed by atoms with E-state index >= 15 is 0 Å². The summed E-state index contributed by atoms with van der Waals surface area (Å²) in [5.41, 5.74) is 1.46. The van der Waals surface area contributed by atoms with Crippen LogP contribution in [0.25, 0.3) is 0 Å². The highest BCUT2D eigenvalue weighted by atomic mass is 16.6. The Kier molecular flexibility index (Phi) is 9.01. The van der Waals surface area contributed by atoms with Crippen LogP contribution in [0.4, 0.5) is 0 Å². The minimum absolute atomic E-state index is 0.104. The number of hydrogen-bond acceptors (Lipinski definition) is 5. The van der Waals surface area contributed by atoms with Crippen molar-refractivity contribution in [1.82, 2.24) is 15.1 Å². The number of carbonyl (C=O) groups is 3. The summed E-state index contributed by atoms with van der Waals surface area (Å²) in [5.74, 6) is -0.852. The number of hydrogen-bond donors (Lipinski definition) is 1. The van der Waals surface area contributed by atoms with E-state index in [4.69, 9.17) is 4.74 Å². The Morgan fingerprint density at radius 1 is 1.22 bits per heavy atom. The Morgan fingerprint density at radius 2 is 1.88 bits per heavy atom. The summed E-state index contributed by atoms with van der Waals surface area (Å²) in [6, 6.07) is 6.85. The molecular formula is C25H37N3O4. The smallest absolute Gasteiger partial charge is 0.326 e. The Morgan fingerprint density at radius 3 is 2.47 bits per heavy atom. The van der Waals surface area contributed by atoms with Gasteiger partial charge in [0.1, 0.15) is 18.2 Å². The van der Waals surface area contributed by atoms with Gasteiger partial charge in [0, 0.05) is 20.0 Å². The van der Waals surface area contributed by atoms with Gasteiger partial charge in [-0.25, -0.2) is 0 Å². The van der Waals surface area contributed by atoms with Crippen molar-refractivity contribution in [2.45, 2.75) is 64.6 Å². The van der Waals surface area contributed by atoms with Crippen LogP contribution >= 0.6 is 0 Å². The predicted molar refractivity (Wildman–Crippen MR) is 125 cm³/mol. The fraction of sp³-hybridized carbons (Fsp3) is 0.560. The molecule has 0 unspecified atom stereocenters. The zero-order chi connectivity index (χ0) is 23.9. The first-order valence-corrected chi connectivity index (χ1v) is 11.2. The lowest BCUT2D eigenvalue weighted by atomic mass is 9.99. The molecule has 2 amide bonds. The molecule has 1 N–H and O–H groups in total. The number of ether oxygens (including phenoxy) is 1.